The summed E-state index contributed by atoms with van der Waals surface area (Å²) < 4.78 is 11.5. The zero-order valence-corrected chi connectivity index (χ0v) is 11.3. The minimum absolute atomic E-state index is 0.199. The average Bonchev–Trinajstić information content (AvgIpc) is 2.74. The Labute approximate surface area is 109 Å². The smallest absolute Gasteiger partial charge is 0.119 e. The molecule has 100 valence electrons. The normalized spacial score (nSPS) is 25.1. The number of benzene rings is 1. The molecule has 3 unspecified atom stereocenters. The van der Waals surface area contributed by atoms with Crippen molar-refractivity contribution in [3.63, 3.8) is 0 Å². The van der Waals surface area contributed by atoms with Crippen LogP contribution in [0.15, 0.2) is 24.3 Å². The number of hydrogen-bond acceptors (Lipinski definition) is 3. The second-order valence-corrected chi connectivity index (χ2v) is 5.28. The third-order valence-electron chi connectivity index (χ3n) is 3.24. The average molecular weight is 249 g/mol. The quantitative estimate of drug-likeness (QED) is 0.872. The van der Waals surface area contributed by atoms with Crippen molar-refractivity contribution >= 4 is 0 Å². The van der Waals surface area contributed by atoms with Crippen LogP contribution in [0, 0.1) is 0 Å². The van der Waals surface area contributed by atoms with Crippen molar-refractivity contribution < 1.29 is 9.47 Å². The Hall–Kier alpha value is -1.06. The second kappa shape index (κ2) is 6.21. The van der Waals surface area contributed by atoms with Gasteiger partial charge in [-0.3, -0.25) is 0 Å². The summed E-state index contributed by atoms with van der Waals surface area (Å²) >= 11 is 0. The highest BCUT2D eigenvalue weighted by Gasteiger charge is 2.22. The van der Waals surface area contributed by atoms with Crippen LogP contribution in [-0.2, 0) is 11.2 Å². The summed E-state index contributed by atoms with van der Waals surface area (Å²) in [5.74, 6) is 0.909. The van der Waals surface area contributed by atoms with Crippen LogP contribution < -0.4 is 10.5 Å². The van der Waals surface area contributed by atoms with Crippen molar-refractivity contribution in [2.75, 3.05) is 6.61 Å². The van der Waals surface area contributed by atoms with E-state index in [4.69, 9.17) is 15.2 Å². The molecule has 3 heteroatoms. The summed E-state index contributed by atoms with van der Waals surface area (Å²) in [7, 11) is 0. The Morgan fingerprint density at radius 2 is 2.06 bits per heavy atom. The molecule has 1 fully saturated rings. The van der Waals surface area contributed by atoms with Gasteiger partial charge in [-0.2, -0.15) is 0 Å². The lowest BCUT2D eigenvalue weighted by molar-refractivity contribution is 0.0264. The summed E-state index contributed by atoms with van der Waals surface area (Å²) in [5.41, 5.74) is 7.02. The molecule has 0 radical (unpaired) electrons. The topological polar surface area (TPSA) is 44.5 Å². The lowest BCUT2D eigenvalue weighted by Crippen LogP contribution is -2.18. The molecule has 0 bridgehead atoms. The van der Waals surface area contributed by atoms with E-state index in [2.05, 4.69) is 19.1 Å². The van der Waals surface area contributed by atoms with Gasteiger partial charge in [-0.1, -0.05) is 12.1 Å². The molecule has 3 nitrogen and oxygen atoms in total. The van der Waals surface area contributed by atoms with E-state index in [9.17, 15) is 0 Å². The van der Waals surface area contributed by atoms with Crippen LogP contribution in [0.1, 0.15) is 32.3 Å². The maximum atomic E-state index is 5.77. The van der Waals surface area contributed by atoms with E-state index in [1.165, 1.54) is 5.56 Å². The van der Waals surface area contributed by atoms with E-state index in [0.717, 1.165) is 25.0 Å². The SMILES string of the molecule is CC(N)Cc1ccc(OCC2CCC(C)O2)cc1. The molecule has 2 N–H and O–H groups in total. The molecule has 1 aliphatic heterocycles. The Balaban J connectivity index is 1.79. The molecule has 1 heterocycles. The van der Waals surface area contributed by atoms with E-state index in [0.29, 0.717) is 12.7 Å². The highest BCUT2D eigenvalue weighted by molar-refractivity contribution is 5.27. The first-order valence-corrected chi connectivity index (χ1v) is 6.76. The van der Waals surface area contributed by atoms with Gasteiger partial charge in [0.15, 0.2) is 0 Å². The number of nitrogens with two attached hydrogens (primary N) is 1. The number of rotatable bonds is 5. The molecule has 2 rings (SSSR count). The number of ether oxygens (including phenoxy) is 2. The van der Waals surface area contributed by atoms with E-state index >= 15 is 0 Å². The van der Waals surface area contributed by atoms with Crippen molar-refractivity contribution in [1.29, 1.82) is 0 Å². The third kappa shape index (κ3) is 4.00. The van der Waals surface area contributed by atoms with Crippen molar-refractivity contribution in [1.82, 2.24) is 0 Å². The Morgan fingerprint density at radius 3 is 2.61 bits per heavy atom. The van der Waals surface area contributed by atoms with Gasteiger partial charge in [0.1, 0.15) is 12.4 Å². The van der Waals surface area contributed by atoms with Crippen LogP contribution in [0.5, 0.6) is 5.75 Å². The Kier molecular flexibility index (Phi) is 4.61. The van der Waals surface area contributed by atoms with Gasteiger partial charge in [-0.25, -0.2) is 0 Å². The number of hydrogen-bond donors (Lipinski definition) is 1. The van der Waals surface area contributed by atoms with Gasteiger partial charge in [-0.15, -0.1) is 0 Å². The maximum absolute atomic E-state index is 5.77. The molecule has 1 aromatic carbocycles. The molecule has 1 aliphatic rings. The molecule has 0 spiro atoms. The largest absolute Gasteiger partial charge is 0.491 e. The molecular formula is C15H23NO2. The molecule has 1 aromatic rings. The van der Waals surface area contributed by atoms with Crippen LogP contribution in [0.25, 0.3) is 0 Å². The molecule has 0 amide bonds. The fourth-order valence-corrected chi connectivity index (χ4v) is 2.29. The van der Waals surface area contributed by atoms with E-state index in [-0.39, 0.29) is 12.1 Å². The zero-order chi connectivity index (χ0) is 13.0. The minimum atomic E-state index is 0.199. The highest BCUT2D eigenvalue weighted by Crippen LogP contribution is 2.20. The van der Waals surface area contributed by atoms with Crippen molar-refractivity contribution in [2.45, 2.75) is 51.4 Å². The Bertz CT molecular complexity index is 361. The van der Waals surface area contributed by atoms with Crippen LogP contribution in [0.2, 0.25) is 0 Å². The molecule has 3 atom stereocenters. The first-order chi connectivity index (χ1) is 8.63. The van der Waals surface area contributed by atoms with E-state index in [1.807, 2.05) is 19.1 Å². The molecule has 0 aromatic heterocycles. The first kappa shape index (κ1) is 13.4. The lowest BCUT2D eigenvalue weighted by atomic mass is 10.1. The fourth-order valence-electron chi connectivity index (χ4n) is 2.29. The summed E-state index contributed by atoms with van der Waals surface area (Å²) in [6.45, 7) is 4.78. The molecule has 18 heavy (non-hydrogen) atoms. The van der Waals surface area contributed by atoms with Gasteiger partial charge >= 0.3 is 0 Å². The Morgan fingerprint density at radius 1 is 1.33 bits per heavy atom. The van der Waals surface area contributed by atoms with E-state index < -0.39 is 0 Å². The van der Waals surface area contributed by atoms with Crippen LogP contribution in [0.3, 0.4) is 0 Å². The molecule has 0 aliphatic carbocycles. The van der Waals surface area contributed by atoms with Gasteiger partial charge in [-0.05, 0) is 50.8 Å². The van der Waals surface area contributed by atoms with Gasteiger partial charge in [0.05, 0.1) is 12.2 Å². The lowest BCUT2D eigenvalue weighted by Gasteiger charge is -2.13. The summed E-state index contributed by atoms with van der Waals surface area (Å²) in [6.07, 6.45) is 3.78. The van der Waals surface area contributed by atoms with Crippen LogP contribution in [-0.4, -0.2) is 24.9 Å². The summed E-state index contributed by atoms with van der Waals surface area (Å²) in [4.78, 5) is 0. The predicted molar refractivity (Wildman–Crippen MR) is 72.9 cm³/mol. The summed E-state index contributed by atoms with van der Waals surface area (Å²) in [5, 5.41) is 0. The minimum Gasteiger partial charge on any atom is -0.491 e. The van der Waals surface area contributed by atoms with Crippen molar-refractivity contribution in [3.05, 3.63) is 29.8 Å². The van der Waals surface area contributed by atoms with Crippen molar-refractivity contribution in [2.24, 2.45) is 5.73 Å². The van der Waals surface area contributed by atoms with Gasteiger partial charge in [0.2, 0.25) is 0 Å². The van der Waals surface area contributed by atoms with Gasteiger partial charge in [0, 0.05) is 6.04 Å². The first-order valence-electron chi connectivity index (χ1n) is 6.76. The van der Waals surface area contributed by atoms with Crippen molar-refractivity contribution in [3.8, 4) is 5.75 Å². The maximum Gasteiger partial charge on any atom is 0.119 e. The third-order valence-corrected chi connectivity index (χ3v) is 3.24. The van der Waals surface area contributed by atoms with Gasteiger partial charge < -0.3 is 15.2 Å². The predicted octanol–water partition coefficient (Wildman–Crippen LogP) is 2.52. The summed E-state index contributed by atoms with van der Waals surface area (Å²) in [6, 6.07) is 8.38. The standard InChI is InChI=1S/C15H23NO2/c1-11(16)9-13-4-7-14(8-5-13)17-10-15-6-3-12(2)18-15/h4-5,7-8,11-12,15H,3,6,9-10,16H2,1-2H3. The fraction of sp³-hybridized carbons (Fsp3) is 0.600. The van der Waals surface area contributed by atoms with Crippen LogP contribution in [0.4, 0.5) is 0 Å². The second-order valence-electron chi connectivity index (χ2n) is 5.28. The van der Waals surface area contributed by atoms with E-state index in [1.54, 1.807) is 0 Å². The van der Waals surface area contributed by atoms with Crippen LogP contribution >= 0.6 is 0 Å². The molecule has 0 saturated carbocycles. The molecule has 1 saturated heterocycles. The van der Waals surface area contributed by atoms with Gasteiger partial charge in [0.25, 0.3) is 0 Å². The monoisotopic (exact) mass is 249 g/mol. The zero-order valence-electron chi connectivity index (χ0n) is 11.3. The highest BCUT2D eigenvalue weighted by atomic mass is 16.5. The molecular weight excluding hydrogens is 226 g/mol.